The molecular formula is C10H13ClO. The Bertz CT molecular complexity index is 230. The molecule has 2 unspecified atom stereocenters. The molecule has 1 aromatic rings. The predicted molar refractivity (Wildman–Crippen MR) is 49.6 cm³/mol. The van der Waals surface area contributed by atoms with Crippen LogP contribution < -0.4 is 0 Å². The fourth-order valence-corrected chi connectivity index (χ4v) is 2.31. The smallest absolute Gasteiger partial charge is 0.108 e. The lowest BCUT2D eigenvalue weighted by molar-refractivity contribution is 0.380. The molecule has 0 amide bonds. The third-order valence-corrected chi connectivity index (χ3v) is 3.11. The first-order chi connectivity index (χ1) is 5.88. The largest absolute Gasteiger partial charge is 0.469 e. The van der Waals surface area contributed by atoms with E-state index in [1.807, 2.05) is 12.1 Å². The Kier molecular flexibility index (Phi) is 2.40. The first kappa shape index (κ1) is 8.18. The van der Waals surface area contributed by atoms with E-state index in [0.717, 1.165) is 12.2 Å². The van der Waals surface area contributed by atoms with E-state index in [1.54, 1.807) is 6.26 Å². The van der Waals surface area contributed by atoms with Crippen molar-refractivity contribution >= 4 is 11.6 Å². The van der Waals surface area contributed by atoms with Crippen LogP contribution in [-0.2, 0) is 0 Å². The number of furan rings is 1. The minimum absolute atomic E-state index is 0.282. The zero-order valence-electron chi connectivity index (χ0n) is 7.00. The number of alkyl halides is 1. The van der Waals surface area contributed by atoms with Crippen molar-refractivity contribution in [3.8, 4) is 0 Å². The molecule has 2 rings (SSSR count). The van der Waals surface area contributed by atoms with Gasteiger partial charge in [-0.25, -0.2) is 0 Å². The molecule has 12 heavy (non-hydrogen) atoms. The summed E-state index contributed by atoms with van der Waals surface area (Å²) in [6, 6.07) is 3.97. The van der Waals surface area contributed by atoms with Crippen LogP contribution >= 0.6 is 11.6 Å². The predicted octanol–water partition coefficient (Wildman–Crippen LogP) is 3.54. The van der Waals surface area contributed by atoms with E-state index in [1.165, 1.54) is 19.3 Å². The second-order valence-electron chi connectivity index (χ2n) is 3.42. The molecule has 1 heterocycles. The Morgan fingerprint density at radius 1 is 1.33 bits per heavy atom. The standard InChI is InChI=1S/C10H13ClO/c11-9-5-2-1-4-8(9)10-6-3-7-12-10/h3,6-9H,1-2,4-5H2. The summed E-state index contributed by atoms with van der Waals surface area (Å²) in [5, 5.41) is 0.282. The van der Waals surface area contributed by atoms with Crippen molar-refractivity contribution in [3.05, 3.63) is 24.2 Å². The molecule has 66 valence electrons. The van der Waals surface area contributed by atoms with E-state index in [0.29, 0.717) is 5.92 Å². The monoisotopic (exact) mass is 184 g/mol. The van der Waals surface area contributed by atoms with Gasteiger partial charge in [0, 0.05) is 11.3 Å². The number of rotatable bonds is 1. The molecule has 0 radical (unpaired) electrons. The highest BCUT2D eigenvalue weighted by Gasteiger charge is 2.26. The van der Waals surface area contributed by atoms with Crippen molar-refractivity contribution in [2.45, 2.75) is 37.0 Å². The molecule has 0 saturated heterocycles. The third kappa shape index (κ3) is 1.51. The summed E-state index contributed by atoms with van der Waals surface area (Å²) in [5.74, 6) is 1.52. The molecule has 1 aliphatic rings. The summed E-state index contributed by atoms with van der Waals surface area (Å²) in [7, 11) is 0. The van der Waals surface area contributed by atoms with Crippen LogP contribution in [0.1, 0.15) is 37.4 Å². The van der Waals surface area contributed by atoms with Crippen molar-refractivity contribution in [2.24, 2.45) is 0 Å². The van der Waals surface area contributed by atoms with Crippen LogP contribution in [0.5, 0.6) is 0 Å². The van der Waals surface area contributed by atoms with Crippen molar-refractivity contribution in [1.82, 2.24) is 0 Å². The second kappa shape index (κ2) is 3.53. The molecule has 0 bridgehead atoms. The van der Waals surface area contributed by atoms with Gasteiger partial charge < -0.3 is 4.42 Å². The lowest BCUT2D eigenvalue weighted by Crippen LogP contribution is -2.16. The zero-order valence-corrected chi connectivity index (χ0v) is 7.76. The SMILES string of the molecule is ClC1CCCCC1c1ccco1. The number of hydrogen-bond donors (Lipinski definition) is 0. The first-order valence-corrected chi connectivity index (χ1v) is 4.99. The quantitative estimate of drug-likeness (QED) is 0.609. The summed E-state index contributed by atoms with van der Waals surface area (Å²) in [6.45, 7) is 0. The summed E-state index contributed by atoms with van der Waals surface area (Å²) >= 11 is 6.21. The van der Waals surface area contributed by atoms with Gasteiger partial charge in [0.2, 0.25) is 0 Å². The van der Waals surface area contributed by atoms with Gasteiger partial charge in [0.05, 0.1) is 6.26 Å². The first-order valence-electron chi connectivity index (χ1n) is 4.55. The minimum Gasteiger partial charge on any atom is -0.469 e. The molecule has 1 saturated carbocycles. The van der Waals surface area contributed by atoms with Gasteiger partial charge in [-0.2, -0.15) is 0 Å². The minimum atomic E-state index is 0.282. The van der Waals surface area contributed by atoms with Crippen LogP contribution in [0.3, 0.4) is 0 Å². The maximum atomic E-state index is 6.21. The van der Waals surface area contributed by atoms with Gasteiger partial charge in [0.25, 0.3) is 0 Å². The van der Waals surface area contributed by atoms with E-state index in [2.05, 4.69) is 0 Å². The van der Waals surface area contributed by atoms with Crippen LogP contribution in [0, 0.1) is 0 Å². The molecule has 1 aromatic heterocycles. The summed E-state index contributed by atoms with van der Waals surface area (Å²) in [4.78, 5) is 0. The molecule has 2 atom stereocenters. The Morgan fingerprint density at radius 2 is 2.17 bits per heavy atom. The highest BCUT2D eigenvalue weighted by Crippen LogP contribution is 2.36. The van der Waals surface area contributed by atoms with Gasteiger partial charge in [-0.15, -0.1) is 11.6 Å². The maximum Gasteiger partial charge on any atom is 0.108 e. The van der Waals surface area contributed by atoms with E-state index in [-0.39, 0.29) is 5.38 Å². The van der Waals surface area contributed by atoms with Gasteiger partial charge in [-0.3, -0.25) is 0 Å². The molecule has 1 aliphatic carbocycles. The van der Waals surface area contributed by atoms with E-state index < -0.39 is 0 Å². The molecule has 0 N–H and O–H groups in total. The zero-order chi connectivity index (χ0) is 8.39. The van der Waals surface area contributed by atoms with Crippen molar-refractivity contribution < 1.29 is 4.42 Å². The van der Waals surface area contributed by atoms with Gasteiger partial charge in [-0.1, -0.05) is 12.8 Å². The Hall–Kier alpha value is -0.430. The van der Waals surface area contributed by atoms with E-state index >= 15 is 0 Å². The van der Waals surface area contributed by atoms with E-state index in [9.17, 15) is 0 Å². The Balaban J connectivity index is 2.11. The second-order valence-corrected chi connectivity index (χ2v) is 3.98. The molecule has 0 spiro atoms. The van der Waals surface area contributed by atoms with Crippen molar-refractivity contribution in [2.75, 3.05) is 0 Å². The van der Waals surface area contributed by atoms with Gasteiger partial charge in [0.1, 0.15) is 5.76 Å². The topological polar surface area (TPSA) is 13.1 Å². The van der Waals surface area contributed by atoms with Crippen LogP contribution in [0.15, 0.2) is 22.8 Å². The van der Waals surface area contributed by atoms with Gasteiger partial charge in [-0.05, 0) is 25.0 Å². The van der Waals surface area contributed by atoms with Gasteiger partial charge in [0.15, 0.2) is 0 Å². The lowest BCUT2D eigenvalue weighted by Gasteiger charge is -2.24. The summed E-state index contributed by atoms with van der Waals surface area (Å²) in [5.41, 5.74) is 0. The third-order valence-electron chi connectivity index (χ3n) is 2.59. The number of hydrogen-bond acceptors (Lipinski definition) is 1. The van der Waals surface area contributed by atoms with Crippen LogP contribution in [-0.4, -0.2) is 5.38 Å². The molecule has 2 heteroatoms. The van der Waals surface area contributed by atoms with E-state index in [4.69, 9.17) is 16.0 Å². The molecule has 1 fully saturated rings. The van der Waals surface area contributed by atoms with Crippen LogP contribution in [0.4, 0.5) is 0 Å². The fourth-order valence-electron chi connectivity index (χ4n) is 1.91. The van der Waals surface area contributed by atoms with Crippen molar-refractivity contribution in [3.63, 3.8) is 0 Å². The van der Waals surface area contributed by atoms with Crippen LogP contribution in [0.2, 0.25) is 0 Å². The Morgan fingerprint density at radius 3 is 2.83 bits per heavy atom. The number of halogens is 1. The normalized spacial score (nSPS) is 30.4. The summed E-state index contributed by atoms with van der Waals surface area (Å²) in [6.07, 6.45) is 6.60. The molecule has 0 aromatic carbocycles. The molecule has 1 nitrogen and oxygen atoms in total. The average molecular weight is 185 g/mol. The van der Waals surface area contributed by atoms with Crippen LogP contribution in [0.25, 0.3) is 0 Å². The average Bonchev–Trinajstić information content (AvgIpc) is 2.57. The molecule has 0 aliphatic heterocycles. The fraction of sp³-hybridized carbons (Fsp3) is 0.600. The summed E-state index contributed by atoms with van der Waals surface area (Å²) < 4.78 is 5.36. The molecular weight excluding hydrogens is 172 g/mol. The highest BCUT2D eigenvalue weighted by atomic mass is 35.5. The lowest BCUT2D eigenvalue weighted by atomic mass is 9.87. The van der Waals surface area contributed by atoms with Gasteiger partial charge >= 0.3 is 0 Å². The van der Waals surface area contributed by atoms with Crippen molar-refractivity contribution in [1.29, 1.82) is 0 Å². The highest BCUT2D eigenvalue weighted by molar-refractivity contribution is 6.21. The maximum absolute atomic E-state index is 6.21. The Labute approximate surface area is 77.7 Å².